The molecule has 1 fully saturated rings. The summed E-state index contributed by atoms with van der Waals surface area (Å²) in [5.41, 5.74) is 3.93. The van der Waals surface area contributed by atoms with Crippen LogP contribution >= 0.6 is 0 Å². The lowest BCUT2D eigenvalue weighted by Gasteiger charge is -2.28. The van der Waals surface area contributed by atoms with Crippen LogP contribution in [0.15, 0.2) is 29.1 Å². The molecule has 1 aromatic heterocycles. The van der Waals surface area contributed by atoms with Crippen LogP contribution in [-0.2, 0) is 22.4 Å². The van der Waals surface area contributed by atoms with E-state index in [1.807, 2.05) is 26.0 Å². The summed E-state index contributed by atoms with van der Waals surface area (Å²) in [4.78, 5) is 12.6. The number of nitrogens with zero attached hydrogens (tertiary/aromatic N) is 1. The maximum absolute atomic E-state index is 12.6. The van der Waals surface area contributed by atoms with Crippen molar-refractivity contribution in [2.45, 2.75) is 32.9 Å². The van der Waals surface area contributed by atoms with Crippen molar-refractivity contribution in [3.05, 3.63) is 45.6 Å². The Labute approximate surface area is 158 Å². The molecule has 0 saturated carbocycles. The zero-order chi connectivity index (χ0) is 18.8. The zero-order valence-corrected chi connectivity index (χ0v) is 15.8. The molecule has 6 heteroatoms. The number of benzene rings is 1. The number of aryl methyl sites for hydroxylation is 1. The third-order valence-corrected chi connectivity index (χ3v) is 5.06. The number of fused-ring (bicyclic) bond motifs is 3. The average molecular weight is 371 g/mol. The molecule has 4 rings (SSSR count). The van der Waals surface area contributed by atoms with Gasteiger partial charge in [0.2, 0.25) is 0 Å². The van der Waals surface area contributed by atoms with E-state index >= 15 is 0 Å². The third-order valence-electron chi connectivity index (χ3n) is 5.06. The van der Waals surface area contributed by atoms with E-state index in [0.717, 1.165) is 35.5 Å². The average Bonchev–Trinajstić information content (AvgIpc) is 2.70. The van der Waals surface area contributed by atoms with Gasteiger partial charge in [0.25, 0.3) is 0 Å². The van der Waals surface area contributed by atoms with Gasteiger partial charge in [-0.3, -0.25) is 4.79 Å². The Morgan fingerprint density at radius 2 is 2.11 bits per heavy atom. The Kier molecular flexibility index (Phi) is 5.18. The number of rotatable bonds is 5. The molecule has 0 unspecified atom stereocenters. The third kappa shape index (κ3) is 3.59. The second kappa shape index (κ2) is 7.74. The summed E-state index contributed by atoms with van der Waals surface area (Å²) < 4.78 is 24.8. The minimum absolute atomic E-state index is 0.0150. The standard InChI is InChI=1S/C21H25NO5/c1-3-25-16-4-5-18-15(10-16)6-7-22-20(11-19(23)14(2)21(18)22)27-13-17-12-24-8-9-26-17/h4-5,10-11,17H,3,6-9,12-13H2,1-2H3/t17-/m0/s1. The van der Waals surface area contributed by atoms with E-state index < -0.39 is 0 Å². The second-order valence-corrected chi connectivity index (χ2v) is 6.85. The van der Waals surface area contributed by atoms with Gasteiger partial charge in [-0.05, 0) is 44.0 Å². The molecule has 0 radical (unpaired) electrons. The van der Waals surface area contributed by atoms with Crippen LogP contribution in [-0.4, -0.2) is 43.7 Å². The van der Waals surface area contributed by atoms with E-state index in [2.05, 4.69) is 10.6 Å². The van der Waals surface area contributed by atoms with Crippen molar-refractivity contribution in [3.8, 4) is 22.9 Å². The summed E-state index contributed by atoms with van der Waals surface area (Å²) in [5.74, 6) is 1.46. The van der Waals surface area contributed by atoms with E-state index in [4.69, 9.17) is 18.9 Å². The molecule has 1 atom stereocenters. The molecule has 0 aliphatic carbocycles. The van der Waals surface area contributed by atoms with Crippen LogP contribution in [0.1, 0.15) is 18.1 Å². The molecule has 0 spiro atoms. The minimum atomic E-state index is -0.101. The van der Waals surface area contributed by atoms with Gasteiger partial charge < -0.3 is 23.5 Å². The number of aromatic nitrogens is 1. The van der Waals surface area contributed by atoms with Crippen molar-refractivity contribution in [2.24, 2.45) is 0 Å². The van der Waals surface area contributed by atoms with Crippen LogP contribution in [0.2, 0.25) is 0 Å². The van der Waals surface area contributed by atoms with Gasteiger partial charge in [-0.2, -0.15) is 0 Å². The van der Waals surface area contributed by atoms with E-state index in [1.54, 1.807) is 6.07 Å². The van der Waals surface area contributed by atoms with Crippen LogP contribution in [0, 0.1) is 6.92 Å². The smallest absolute Gasteiger partial charge is 0.197 e. The maximum Gasteiger partial charge on any atom is 0.197 e. The van der Waals surface area contributed by atoms with Gasteiger partial charge in [0.1, 0.15) is 18.5 Å². The minimum Gasteiger partial charge on any atom is -0.494 e. The molecule has 6 nitrogen and oxygen atoms in total. The van der Waals surface area contributed by atoms with Gasteiger partial charge in [0.15, 0.2) is 11.3 Å². The largest absolute Gasteiger partial charge is 0.494 e. The lowest BCUT2D eigenvalue weighted by Crippen LogP contribution is -2.34. The zero-order valence-electron chi connectivity index (χ0n) is 15.8. The van der Waals surface area contributed by atoms with Crippen molar-refractivity contribution >= 4 is 0 Å². The van der Waals surface area contributed by atoms with Crippen molar-refractivity contribution in [1.82, 2.24) is 4.57 Å². The second-order valence-electron chi connectivity index (χ2n) is 6.85. The highest BCUT2D eigenvalue weighted by atomic mass is 16.6. The summed E-state index contributed by atoms with van der Waals surface area (Å²) in [6.45, 7) is 7.34. The van der Waals surface area contributed by atoms with Crippen LogP contribution in [0.5, 0.6) is 11.6 Å². The lowest BCUT2D eigenvalue weighted by atomic mass is 9.94. The van der Waals surface area contributed by atoms with Crippen LogP contribution in [0.25, 0.3) is 11.3 Å². The Hall–Kier alpha value is -2.31. The predicted octanol–water partition coefficient (Wildman–Crippen LogP) is 2.57. The summed E-state index contributed by atoms with van der Waals surface area (Å²) in [7, 11) is 0. The molecule has 0 bridgehead atoms. The molecule has 2 aliphatic heterocycles. The van der Waals surface area contributed by atoms with E-state index in [0.29, 0.717) is 38.9 Å². The SMILES string of the molecule is CCOc1ccc2c(c1)CCn1c(OC[C@@H]3COCCO3)cc(=O)c(C)c1-2. The Morgan fingerprint density at radius 3 is 2.89 bits per heavy atom. The van der Waals surface area contributed by atoms with Crippen molar-refractivity contribution in [1.29, 1.82) is 0 Å². The molecule has 3 heterocycles. The number of hydrogen-bond donors (Lipinski definition) is 0. The normalized spacial score (nSPS) is 18.5. The highest BCUT2D eigenvalue weighted by Gasteiger charge is 2.23. The molecule has 0 amide bonds. The maximum atomic E-state index is 12.6. The first kappa shape index (κ1) is 18.1. The molecular formula is C21H25NO5. The molecule has 144 valence electrons. The molecule has 1 aromatic carbocycles. The fourth-order valence-corrected chi connectivity index (χ4v) is 3.72. The highest BCUT2D eigenvalue weighted by Crippen LogP contribution is 2.35. The fraction of sp³-hybridized carbons (Fsp3) is 0.476. The van der Waals surface area contributed by atoms with Gasteiger partial charge in [-0.25, -0.2) is 0 Å². The molecule has 2 aromatic rings. The van der Waals surface area contributed by atoms with E-state index in [-0.39, 0.29) is 11.5 Å². The Balaban J connectivity index is 1.67. The van der Waals surface area contributed by atoms with Gasteiger partial charge in [0.05, 0.1) is 32.1 Å². The first-order valence-corrected chi connectivity index (χ1v) is 9.50. The summed E-state index contributed by atoms with van der Waals surface area (Å²) >= 11 is 0. The van der Waals surface area contributed by atoms with Crippen molar-refractivity contribution in [3.63, 3.8) is 0 Å². The number of pyridine rings is 1. The van der Waals surface area contributed by atoms with Crippen molar-refractivity contribution < 1.29 is 18.9 Å². The van der Waals surface area contributed by atoms with Crippen molar-refractivity contribution in [2.75, 3.05) is 33.0 Å². The first-order valence-electron chi connectivity index (χ1n) is 9.50. The van der Waals surface area contributed by atoms with E-state index in [9.17, 15) is 4.79 Å². The summed E-state index contributed by atoms with van der Waals surface area (Å²) in [6, 6.07) is 7.66. The van der Waals surface area contributed by atoms with Gasteiger partial charge in [0, 0.05) is 23.7 Å². The van der Waals surface area contributed by atoms with E-state index in [1.165, 1.54) is 5.56 Å². The molecular weight excluding hydrogens is 346 g/mol. The van der Waals surface area contributed by atoms with Crippen LogP contribution in [0.4, 0.5) is 0 Å². The van der Waals surface area contributed by atoms with Gasteiger partial charge >= 0.3 is 0 Å². The Morgan fingerprint density at radius 1 is 1.22 bits per heavy atom. The quantitative estimate of drug-likeness (QED) is 0.809. The van der Waals surface area contributed by atoms with Crippen LogP contribution in [0.3, 0.4) is 0 Å². The van der Waals surface area contributed by atoms with Gasteiger partial charge in [-0.1, -0.05) is 0 Å². The topological polar surface area (TPSA) is 58.9 Å². The molecule has 1 saturated heterocycles. The van der Waals surface area contributed by atoms with Crippen LogP contribution < -0.4 is 14.9 Å². The highest BCUT2D eigenvalue weighted by molar-refractivity contribution is 5.70. The summed E-state index contributed by atoms with van der Waals surface area (Å²) in [6.07, 6.45) is 0.765. The number of ether oxygens (including phenoxy) is 4. The molecule has 27 heavy (non-hydrogen) atoms. The lowest BCUT2D eigenvalue weighted by molar-refractivity contribution is -0.102. The first-order chi connectivity index (χ1) is 13.2. The van der Waals surface area contributed by atoms with Gasteiger partial charge in [-0.15, -0.1) is 0 Å². The monoisotopic (exact) mass is 371 g/mol. The molecule has 2 aliphatic rings. The molecule has 0 N–H and O–H groups in total. The Bertz CT molecular complexity index is 883. The summed E-state index contributed by atoms with van der Waals surface area (Å²) in [5, 5.41) is 0. The fourth-order valence-electron chi connectivity index (χ4n) is 3.72. The predicted molar refractivity (Wildman–Crippen MR) is 102 cm³/mol. The number of hydrogen-bond acceptors (Lipinski definition) is 5.